The lowest BCUT2D eigenvalue weighted by Crippen LogP contribution is -2.04. The maximum absolute atomic E-state index is 6.04. The molecule has 0 aliphatic rings. The number of halogens is 1. The molecule has 0 bridgehead atoms. The van der Waals surface area contributed by atoms with Crippen molar-refractivity contribution in [3.63, 3.8) is 0 Å². The van der Waals surface area contributed by atoms with Gasteiger partial charge in [-0.1, -0.05) is 11.6 Å². The van der Waals surface area contributed by atoms with Gasteiger partial charge in [0, 0.05) is 11.9 Å². The fourth-order valence-electron chi connectivity index (χ4n) is 1.46. The van der Waals surface area contributed by atoms with E-state index in [4.69, 9.17) is 22.1 Å². The Morgan fingerprint density at radius 1 is 1.39 bits per heavy atom. The Bertz CT molecular complexity index is 547. The van der Waals surface area contributed by atoms with Gasteiger partial charge in [-0.3, -0.25) is 0 Å². The number of nitrogens with zero attached hydrogens (tertiary/aromatic N) is 2. The number of rotatable bonds is 4. The molecule has 94 valence electrons. The summed E-state index contributed by atoms with van der Waals surface area (Å²) in [6.45, 7) is 0.304. The highest BCUT2D eigenvalue weighted by molar-refractivity contribution is 6.32. The largest absolute Gasteiger partial charge is 0.495 e. The fourth-order valence-corrected chi connectivity index (χ4v) is 1.72. The minimum Gasteiger partial charge on any atom is -0.495 e. The summed E-state index contributed by atoms with van der Waals surface area (Å²) in [5.41, 5.74) is 6.31. The number of nitrogens with one attached hydrogen (secondary N) is 1. The summed E-state index contributed by atoms with van der Waals surface area (Å²) in [4.78, 5) is 8.26. The zero-order chi connectivity index (χ0) is 13.0. The molecule has 0 atom stereocenters. The standard InChI is InChI=1S/C12H13ClN4O/c1-18-10-3-2-8(6-9(10)13)16-11-4-5-15-12(7-14)17-11/h2-6H,7,14H2,1H3,(H,15,16,17). The normalized spacial score (nSPS) is 10.2. The molecule has 0 radical (unpaired) electrons. The molecule has 2 rings (SSSR count). The van der Waals surface area contributed by atoms with E-state index < -0.39 is 0 Å². The van der Waals surface area contributed by atoms with Gasteiger partial charge in [0.15, 0.2) is 0 Å². The van der Waals surface area contributed by atoms with Crippen LogP contribution in [-0.4, -0.2) is 17.1 Å². The van der Waals surface area contributed by atoms with Crippen LogP contribution in [0.3, 0.4) is 0 Å². The van der Waals surface area contributed by atoms with Crippen LogP contribution in [0.5, 0.6) is 5.75 Å². The molecule has 0 spiro atoms. The number of hydrogen-bond donors (Lipinski definition) is 2. The Balaban J connectivity index is 2.20. The lowest BCUT2D eigenvalue weighted by molar-refractivity contribution is 0.415. The molecule has 0 unspecified atom stereocenters. The molecule has 5 nitrogen and oxygen atoms in total. The third-order valence-electron chi connectivity index (χ3n) is 2.31. The summed E-state index contributed by atoms with van der Waals surface area (Å²) in [5.74, 6) is 1.89. The van der Waals surface area contributed by atoms with Crippen LogP contribution in [0.15, 0.2) is 30.5 Å². The highest BCUT2D eigenvalue weighted by Crippen LogP contribution is 2.28. The molecule has 1 heterocycles. The number of benzene rings is 1. The Morgan fingerprint density at radius 2 is 2.22 bits per heavy atom. The topological polar surface area (TPSA) is 73.1 Å². The predicted molar refractivity (Wildman–Crippen MR) is 71.2 cm³/mol. The van der Waals surface area contributed by atoms with Gasteiger partial charge in [-0.15, -0.1) is 0 Å². The Kier molecular flexibility index (Phi) is 3.96. The lowest BCUT2D eigenvalue weighted by Gasteiger charge is -2.08. The molecule has 0 aliphatic heterocycles. The summed E-state index contributed by atoms with van der Waals surface area (Å²) in [6.07, 6.45) is 1.66. The monoisotopic (exact) mass is 264 g/mol. The van der Waals surface area contributed by atoms with E-state index in [-0.39, 0.29) is 0 Å². The van der Waals surface area contributed by atoms with Crippen LogP contribution in [0, 0.1) is 0 Å². The van der Waals surface area contributed by atoms with Crippen molar-refractivity contribution < 1.29 is 4.74 Å². The second-order valence-electron chi connectivity index (χ2n) is 3.54. The molecule has 0 amide bonds. The SMILES string of the molecule is COc1ccc(Nc2ccnc(CN)n2)cc1Cl. The van der Waals surface area contributed by atoms with Gasteiger partial charge in [0.25, 0.3) is 0 Å². The molecule has 18 heavy (non-hydrogen) atoms. The van der Waals surface area contributed by atoms with Gasteiger partial charge in [0.05, 0.1) is 18.7 Å². The van der Waals surface area contributed by atoms with Crippen LogP contribution in [-0.2, 0) is 6.54 Å². The van der Waals surface area contributed by atoms with E-state index in [0.717, 1.165) is 5.69 Å². The molecule has 0 saturated carbocycles. The molecule has 0 saturated heterocycles. The average Bonchev–Trinajstić information content (AvgIpc) is 2.39. The van der Waals surface area contributed by atoms with Gasteiger partial charge in [0.2, 0.25) is 0 Å². The van der Waals surface area contributed by atoms with Crippen LogP contribution in [0.1, 0.15) is 5.82 Å². The highest BCUT2D eigenvalue weighted by atomic mass is 35.5. The van der Waals surface area contributed by atoms with Crippen molar-refractivity contribution in [2.75, 3.05) is 12.4 Å². The van der Waals surface area contributed by atoms with Crippen LogP contribution in [0.2, 0.25) is 5.02 Å². The zero-order valence-corrected chi connectivity index (χ0v) is 10.6. The van der Waals surface area contributed by atoms with Gasteiger partial charge in [-0.2, -0.15) is 0 Å². The number of methoxy groups -OCH3 is 1. The third kappa shape index (κ3) is 2.88. The molecule has 2 aromatic rings. The summed E-state index contributed by atoms with van der Waals surface area (Å²) < 4.78 is 5.08. The van der Waals surface area contributed by atoms with Crippen molar-refractivity contribution in [3.05, 3.63) is 41.3 Å². The van der Waals surface area contributed by atoms with Crippen LogP contribution < -0.4 is 15.8 Å². The minimum atomic E-state index is 0.304. The number of nitrogens with two attached hydrogens (primary N) is 1. The van der Waals surface area contributed by atoms with Crippen LogP contribution >= 0.6 is 11.6 Å². The van der Waals surface area contributed by atoms with Gasteiger partial charge in [-0.25, -0.2) is 9.97 Å². The number of anilines is 2. The van der Waals surface area contributed by atoms with Gasteiger partial charge < -0.3 is 15.8 Å². The van der Waals surface area contributed by atoms with Gasteiger partial charge >= 0.3 is 0 Å². The van der Waals surface area contributed by atoms with E-state index in [9.17, 15) is 0 Å². The summed E-state index contributed by atoms with van der Waals surface area (Å²) >= 11 is 6.04. The second-order valence-corrected chi connectivity index (χ2v) is 3.94. The van der Waals surface area contributed by atoms with Crippen molar-refractivity contribution >= 4 is 23.1 Å². The van der Waals surface area contributed by atoms with E-state index >= 15 is 0 Å². The number of ether oxygens (including phenoxy) is 1. The van der Waals surface area contributed by atoms with E-state index in [2.05, 4.69) is 15.3 Å². The Morgan fingerprint density at radius 3 is 2.89 bits per heavy atom. The summed E-state index contributed by atoms with van der Waals surface area (Å²) in [6, 6.07) is 7.17. The summed E-state index contributed by atoms with van der Waals surface area (Å²) in [5, 5.41) is 3.66. The van der Waals surface area contributed by atoms with E-state index in [1.807, 2.05) is 6.07 Å². The zero-order valence-electron chi connectivity index (χ0n) is 9.85. The molecular formula is C12H13ClN4O. The first kappa shape index (κ1) is 12.6. The van der Waals surface area contributed by atoms with Crippen LogP contribution in [0.25, 0.3) is 0 Å². The van der Waals surface area contributed by atoms with Crippen molar-refractivity contribution in [1.82, 2.24) is 9.97 Å². The average molecular weight is 265 g/mol. The third-order valence-corrected chi connectivity index (χ3v) is 2.61. The smallest absolute Gasteiger partial charge is 0.144 e. The van der Waals surface area contributed by atoms with Gasteiger partial charge in [-0.05, 0) is 24.3 Å². The fraction of sp³-hybridized carbons (Fsp3) is 0.167. The molecule has 1 aromatic heterocycles. The highest BCUT2D eigenvalue weighted by Gasteiger charge is 2.03. The minimum absolute atomic E-state index is 0.304. The maximum atomic E-state index is 6.04. The van der Waals surface area contributed by atoms with Crippen molar-refractivity contribution in [3.8, 4) is 5.75 Å². The van der Waals surface area contributed by atoms with Crippen molar-refractivity contribution in [2.24, 2.45) is 5.73 Å². The van der Waals surface area contributed by atoms with Gasteiger partial charge in [0.1, 0.15) is 17.4 Å². The van der Waals surface area contributed by atoms with E-state index in [0.29, 0.717) is 29.0 Å². The van der Waals surface area contributed by atoms with Crippen molar-refractivity contribution in [2.45, 2.75) is 6.54 Å². The first-order valence-electron chi connectivity index (χ1n) is 5.35. The molecule has 1 aromatic carbocycles. The maximum Gasteiger partial charge on any atom is 0.144 e. The first-order valence-corrected chi connectivity index (χ1v) is 5.73. The molecule has 0 fully saturated rings. The lowest BCUT2D eigenvalue weighted by atomic mass is 10.3. The summed E-state index contributed by atoms with van der Waals surface area (Å²) in [7, 11) is 1.58. The Hall–Kier alpha value is -1.85. The van der Waals surface area contributed by atoms with E-state index in [1.165, 1.54) is 0 Å². The quantitative estimate of drug-likeness (QED) is 0.887. The van der Waals surface area contributed by atoms with Crippen LogP contribution in [0.4, 0.5) is 11.5 Å². The number of aromatic nitrogens is 2. The molecule has 3 N–H and O–H groups in total. The Labute approximate surface area is 110 Å². The number of hydrogen-bond acceptors (Lipinski definition) is 5. The first-order chi connectivity index (χ1) is 8.72. The van der Waals surface area contributed by atoms with E-state index in [1.54, 1.807) is 31.5 Å². The molecular weight excluding hydrogens is 252 g/mol. The predicted octanol–water partition coefficient (Wildman–Crippen LogP) is 2.34. The molecule has 6 heteroatoms. The van der Waals surface area contributed by atoms with Crippen molar-refractivity contribution in [1.29, 1.82) is 0 Å². The second kappa shape index (κ2) is 5.66. The molecule has 0 aliphatic carbocycles.